The first-order valence-electron chi connectivity index (χ1n) is 8.51. The van der Waals surface area contributed by atoms with E-state index < -0.39 is 10.0 Å². The van der Waals surface area contributed by atoms with Gasteiger partial charge in [-0.1, -0.05) is 54.6 Å². The number of rotatable bonds is 4. The van der Waals surface area contributed by atoms with Crippen molar-refractivity contribution in [2.24, 2.45) is 0 Å². The van der Waals surface area contributed by atoms with Gasteiger partial charge >= 0.3 is 0 Å². The molecular weight excluding hydrogens is 346 g/mol. The zero-order chi connectivity index (χ0) is 18.0. The predicted octanol–water partition coefficient (Wildman–Crippen LogP) is 4.20. The molecule has 0 spiro atoms. The molecule has 26 heavy (non-hydrogen) atoms. The highest BCUT2D eigenvalue weighted by Gasteiger charge is 2.29. The van der Waals surface area contributed by atoms with E-state index in [2.05, 4.69) is 0 Å². The first-order chi connectivity index (χ1) is 12.6. The van der Waals surface area contributed by atoms with Crippen LogP contribution < -0.4 is 0 Å². The van der Waals surface area contributed by atoms with Crippen LogP contribution in [-0.2, 0) is 23.0 Å². The van der Waals surface area contributed by atoms with Gasteiger partial charge in [0.05, 0.1) is 11.2 Å². The van der Waals surface area contributed by atoms with E-state index in [0.29, 0.717) is 24.4 Å². The minimum atomic E-state index is -3.50. The fourth-order valence-electron chi connectivity index (χ4n) is 3.08. The molecule has 1 aromatic heterocycles. The summed E-state index contributed by atoms with van der Waals surface area (Å²) >= 11 is 0. The molecule has 0 radical (unpaired) electrons. The van der Waals surface area contributed by atoms with Crippen LogP contribution in [0.25, 0.3) is 12.2 Å². The first kappa shape index (κ1) is 16.8. The second-order valence-corrected chi connectivity index (χ2v) is 8.21. The lowest BCUT2D eigenvalue weighted by Crippen LogP contribution is -2.35. The van der Waals surface area contributed by atoms with Crippen molar-refractivity contribution in [3.05, 3.63) is 89.4 Å². The predicted molar refractivity (Wildman–Crippen MR) is 102 cm³/mol. The Balaban J connectivity index is 1.52. The van der Waals surface area contributed by atoms with E-state index in [1.165, 1.54) is 4.31 Å². The fourth-order valence-corrected chi connectivity index (χ4v) is 4.50. The maximum Gasteiger partial charge on any atom is 0.243 e. The van der Waals surface area contributed by atoms with Crippen LogP contribution in [0.4, 0.5) is 0 Å². The average Bonchev–Trinajstić information content (AvgIpc) is 3.15. The summed E-state index contributed by atoms with van der Waals surface area (Å²) in [6.07, 6.45) is 6.22. The van der Waals surface area contributed by atoms with Crippen LogP contribution in [0.15, 0.2) is 76.2 Å². The van der Waals surface area contributed by atoms with Crippen LogP contribution in [0.1, 0.15) is 22.5 Å². The maximum absolute atomic E-state index is 12.9. The van der Waals surface area contributed by atoms with Gasteiger partial charge in [-0.05, 0) is 29.3 Å². The Hall–Kier alpha value is -2.63. The molecule has 0 saturated heterocycles. The highest BCUT2D eigenvalue weighted by atomic mass is 32.2. The normalized spacial score (nSPS) is 15.2. The monoisotopic (exact) mass is 365 g/mol. The third-order valence-electron chi connectivity index (χ3n) is 4.56. The van der Waals surface area contributed by atoms with Gasteiger partial charge in [0.1, 0.15) is 5.76 Å². The molecule has 0 fully saturated rings. The standard InChI is InChI=1S/C21H19NO3S/c23-26(24,22-14-12-21-19(16-22)13-15-25-21)20-10-8-18(9-11-20)7-6-17-4-2-1-3-5-17/h1-11,13,15H,12,14,16H2/b7-6+. The lowest BCUT2D eigenvalue weighted by molar-refractivity contribution is 0.362. The summed E-state index contributed by atoms with van der Waals surface area (Å²) in [7, 11) is -3.50. The number of sulfonamides is 1. The maximum atomic E-state index is 12.9. The molecule has 2 heterocycles. The van der Waals surface area contributed by atoms with Gasteiger partial charge in [-0.2, -0.15) is 4.31 Å². The zero-order valence-electron chi connectivity index (χ0n) is 14.2. The summed E-state index contributed by atoms with van der Waals surface area (Å²) < 4.78 is 32.7. The van der Waals surface area contributed by atoms with Gasteiger partial charge in [0.2, 0.25) is 10.0 Å². The molecular formula is C21H19NO3S. The Kier molecular flexibility index (Phi) is 4.49. The largest absolute Gasteiger partial charge is 0.469 e. The highest BCUT2D eigenvalue weighted by molar-refractivity contribution is 7.89. The highest BCUT2D eigenvalue weighted by Crippen LogP contribution is 2.25. The van der Waals surface area contributed by atoms with Crippen molar-refractivity contribution in [1.29, 1.82) is 0 Å². The molecule has 4 rings (SSSR count). The van der Waals surface area contributed by atoms with Crippen LogP contribution in [0.2, 0.25) is 0 Å². The van der Waals surface area contributed by atoms with Crippen LogP contribution >= 0.6 is 0 Å². The molecule has 2 aromatic carbocycles. The Morgan fingerprint density at radius 1 is 0.885 bits per heavy atom. The minimum absolute atomic E-state index is 0.321. The van der Waals surface area contributed by atoms with Crippen molar-refractivity contribution in [2.45, 2.75) is 17.9 Å². The molecule has 5 heteroatoms. The summed E-state index contributed by atoms with van der Waals surface area (Å²) in [5.41, 5.74) is 3.01. The Bertz CT molecular complexity index is 1020. The van der Waals surface area contributed by atoms with E-state index in [1.54, 1.807) is 18.4 Å². The molecule has 0 saturated carbocycles. The van der Waals surface area contributed by atoms with Crippen LogP contribution in [0, 0.1) is 0 Å². The van der Waals surface area contributed by atoms with Gasteiger partial charge in [0.15, 0.2) is 0 Å². The van der Waals surface area contributed by atoms with Crippen molar-refractivity contribution >= 4 is 22.2 Å². The average molecular weight is 365 g/mol. The van der Waals surface area contributed by atoms with Gasteiger partial charge in [-0.15, -0.1) is 0 Å². The number of furan rings is 1. The van der Waals surface area contributed by atoms with E-state index >= 15 is 0 Å². The molecule has 0 aliphatic carbocycles. The van der Waals surface area contributed by atoms with E-state index in [4.69, 9.17) is 4.42 Å². The summed E-state index contributed by atoms with van der Waals surface area (Å²) in [4.78, 5) is 0.321. The molecule has 132 valence electrons. The molecule has 0 bridgehead atoms. The molecule has 4 nitrogen and oxygen atoms in total. The van der Waals surface area contributed by atoms with Crippen molar-refractivity contribution in [3.63, 3.8) is 0 Å². The quantitative estimate of drug-likeness (QED) is 0.651. The number of nitrogens with zero attached hydrogens (tertiary/aromatic N) is 1. The third kappa shape index (κ3) is 3.36. The Labute approximate surface area is 153 Å². The third-order valence-corrected chi connectivity index (χ3v) is 6.42. The Morgan fingerprint density at radius 2 is 1.58 bits per heavy atom. The molecule has 0 atom stereocenters. The van der Waals surface area contributed by atoms with E-state index in [-0.39, 0.29) is 0 Å². The lowest BCUT2D eigenvalue weighted by Gasteiger charge is -2.25. The molecule has 0 N–H and O–H groups in total. The summed E-state index contributed by atoms with van der Waals surface area (Å²) in [6, 6.07) is 18.8. The molecule has 0 amide bonds. The van der Waals surface area contributed by atoms with Crippen LogP contribution in [0.5, 0.6) is 0 Å². The molecule has 1 aliphatic heterocycles. The summed E-state index contributed by atoms with van der Waals surface area (Å²) in [5, 5.41) is 0. The van der Waals surface area contributed by atoms with Gasteiger partial charge in [-0.3, -0.25) is 0 Å². The van der Waals surface area contributed by atoms with Crippen LogP contribution in [0.3, 0.4) is 0 Å². The zero-order valence-corrected chi connectivity index (χ0v) is 15.0. The number of hydrogen-bond acceptors (Lipinski definition) is 3. The summed E-state index contributed by atoms with van der Waals surface area (Å²) in [6.45, 7) is 0.808. The van der Waals surface area contributed by atoms with Gasteiger partial charge in [0.25, 0.3) is 0 Å². The van der Waals surface area contributed by atoms with E-state index in [9.17, 15) is 8.42 Å². The molecule has 3 aromatic rings. The van der Waals surface area contributed by atoms with Gasteiger partial charge in [0, 0.05) is 25.1 Å². The second-order valence-electron chi connectivity index (χ2n) is 6.27. The van der Waals surface area contributed by atoms with Crippen molar-refractivity contribution in [3.8, 4) is 0 Å². The smallest absolute Gasteiger partial charge is 0.243 e. The van der Waals surface area contributed by atoms with Gasteiger partial charge in [-0.25, -0.2) is 8.42 Å². The van der Waals surface area contributed by atoms with E-state index in [1.807, 2.05) is 60.7 Å². The SMILES string of the molecule is O=S(=O)(c1ccc(/C=C/c2ccccc2)cc1)N1CCc2occc2C1. The lowest BCUT2D eigenvalue weighted by atomic mass is 10.1. The van der Waals surface area contributed by atoms with Crippen molar-refractivity contribution < 1.29 is 12.8 Å². The number of hydrogen-bond donors (Lipinski definition) is 0. The second kappa shape index (κ2) is 6.94. The number of benzene rings is 2. The van der Waals surface area contributed by atoms with E-state index in [0.717, 1.165) is 22.5 Å². The van der Waals surface area contributed by atoms with Gasteiger partial charge < -0.3 is 4.42 Å². The summed E-state index contributed by atoms with van der Waals surface area (Å²) in [5.74, 6) is 0.887. The molecule has 0 unspecified atom stereocenters. The first-order valence-corrected chi connectivity index (χ1v) is 9.95. The number of fused-ring (bicyclic) bond motifs is 1. The Morgan fingerprint density at radius 3 is 2.31 bits per heavy atom. The minimum Gasteiger partial charge on any atom is -0.469 e. The topological polar surface area (TPSA) is 50.5 Å². The van der Waals surface area contributed by atoms with Crippen molar-refractivity contribution in [2.75, 3.05) is 6.54 Å². The fraction of sp³-hybridized carbons (Fsp3) is 0.143. The van der Waals surface area contributed by atoms with Crippen LogP contribution in [-0.4, -0.2) is 19.3 Å². The molecule has 1 aliphatic rings. The van der Waals surface area contributed by atoms with Crippen molar-refractivity contribution in [1.82, 2.24) is 4.31 Å².